The van der Waals surface area contributed by atoms with Crippen LogP contribution in [0.25, 0.3) is 10.2 Å². The number of hydrogen-bond donors (Lipinski definition) is 0. The molecule has 0 aliphatic rings. The molecule has 0 saturated heterocycles. The summed E-state index contributed by atoms with van der Waals surface area (Å²) in [6.45, 7) is 4.40. The molecule has 0 saturated carbocycles. The lowest BCUT2D eigenvalue weighted by molar-refractivity contribution is 0.100. The predicted octanol–water partition coefficient (Wildman–Crippen LogP) is 4.45. The van der Waals surface area contributed by atoms with Gasteiger partial charge in [-0.3, -0.25) is 4.79 Å². The Morgan fingerprint density at radius 2 is 2.29 bits per heavy atom. The smallest absolute Gasteiger partial charge is 0.289 e. The third kappa shape index (κ3) is 2.92. The summed E-state index contributed by atoms with van der Waals surface area (Å²) < 4.78 is 4.10. The highest BCUT2D eigenvalue weighted by Crippen LogP contribution is 2.22. The summed E-state index contributed by atoms with van der Waals surface area (Å²) in [5.74, 6) is -0.201. The van der Waals surface area contributed by atoms with Crippen LogP contribution in [-0.4, -0.2) is 10.5 Å². The maximum atomic E-state index is 12.2. The molecule has 0 radical (unpaired) electrons. The van der Waals surface area contributed by atoms with Crippen LogP contribution in [0.1, 0.15) is 9.67 Å². The molecule has 1 aromatic carbocycles. The molecule has 0 fully saturated rings. The number of halogens is 1. The molecule has 0 spiro atoms. The maximum Gasteiger partial charge on any atom is 0.289 e. The van der Waals surface area contributed by atoms with Crippen molar-refractivity contribution in [2.45, 2.75) is 6.54 Å². The molecule has 6 heteroatoms. The average Bonchev–Trinajstić information content (AvgIpc) is 3.08. The van der Waals surface area contributed by atoms with E-state index in [0.29, 0.717) is 16.2 Å². The van der Waals surface area contributed by atoms with Crippen molar-refractivity contribution in [2.75, 3.05) is 0 Å². The number of thiophene rings is 1. The molecule has 106 valence electrons. The Kier molecular flexibility index (Phi) is 4.19. The third-order valence-corrected chi connectivity index (χ3v) is 5.28. The van der Waals surface area contributed by atoms with Gasteiger partial charge in [0.05, 0.1) is 15.1 Å². The van der Waals surface area contributed by atoms with Gasteiger partial charge in [-0.25, -0.2) is 0 Å². The van der Waals surface area contributed by atoms with Crippen LogP contribution in [0.4, 0.5) is 0 Å². The largest absolute Gasteiger partial charge is 0.312 e. The van der Waals surface area contributed by atoms with Crippen molar-refractivity contribution in [2.24, 2.45) is 4.99 Å². The van der Waals surface area contributed by atoms with E-state index >= 15 is 0 Å². The molecule has 21 heavy (non-hydrogen) atoms. The second-order valence-corrected chi connectivity index (χ2v) is 7.16. The number of fused-ring (bicyclic) bond motifs is 1. The summed E-state index contributed by atoms with van der Waals surface area (Å²) in [5.41, 5.74) is 1.06. The highest BCUT2D eigenvalue weighted by atomic mass is 79.9. The summed E-state index contributed by atoms with van der Waals surface area (Å²) in [5, 5.41) is 1.88. The minimum Gasteiger partial charge on any atom is -0.312 e. The van der Waals surface area contributed by atoms with Crippen LogP contribution in [0.3, 0.4) is 0 Å². The topological polar surface area (TPSA) is 34.4 Å². The van der Waals surface area contributed by atoms with Crippen LogP contribution in [0.5, 0.6) is 0 Å². The molecule has 0 atom stereocenters. The minimum absolute atomic E-state index is 0.201. The Labute approximate surface area is 138 Å². The number of amides is 1. The van der Waals surface area contributed by atoms with Gasteiger partial charge in [0.1, 0.15) is 0 Å². The fraction of sp³-hybridized carbons (Fsp3) is 0.0667. The normalized spacial score (nSPS) is 12.0. The molecule has 0 unspecified atom stereocenters. The Morgan fingerprint density at radius 3 is 3.00 bits per heavy atom. The van der Waals surface area contributed by atoms with Crippen LogP contribution in [0.15, 0.2) is 57.8 Å². The first kappa shape index (κ1) is 14.4. The first-order valence-corrected chi connectivity index (χ1v) is 8.70. The SMILES string of the molecule is C=CCn1c(=NC(=O)c2cccs2)sc2cc(Br)ccc21. The first-order chi connectivity index (χ1) is 10.2. The van der Waals surface area contributed by atoms with Gasteiger partial charge >= 0.3 is 0 Å². The average molecular weight is 379 g/mol. The predicted molar refractivity (Wildman–Crippen MR) is 91.9 cm³/mol. The molecule has 0 N–H and O–H groups in total. The second-order valence-electron chi connectivity index (χ2n) is 4.29. The van der Waals surface area contributed by atoms with Gasteiger partial charge in [0, 0.05) is 11.0 Å². The van der Waals surface area contributed by atoms with Crippen molar-refractivity contribution >= 4 is 54.7 Å². The zero-order valence-corrected chi connectivity index (χ0v) is 14.2. The van der Waals surface area contributed by atoms with E-state index in [1.165, 1.54) is 22.7 Å². The lowest BCUT2D eigenvalue weighted by atomic mass is 10.3. The van der Waals surface area contributed by atoms with Crippen molar-refractivity contribution in [3.8, 4) is 0 Å². The number of benzene rings is 1. The van der Waals surface area contributed by atoms with Gasteiger partial charge in [0.25, 0.3) is 5.91 Å². The van der Waals surface area contributed by atoms with E-state index in [9.17, 15) is 4.79 Å². The number of thiazole rings is 1. The molecule has 0 aliphatic carbocycles. The lowest BCUT2D eigenvalue weighted by Crippen LogP contribution is -2.15. The Hall–Kier alpha value is -1.50. The summed E-state index contributed by atoms with van der Waals surface area (Å²) in [6.07, 6.45) is 1.81. The number of carbonyl (C=O) groups excluding carboxylic acids is 1. The van der Waals surface area contributed by atoms with Crippen LogP contribution in [0, 0.1) is 0 Å². The minimum atomic E-state index is -0.201. The van der Waals surface area contributed by atoms with E-state index in [4.69, 9.17) is 0 Å². The summed E-state index contributed by atoms with van der Waals surface area (Å²) in [6, 6.07) is 9.69. The standard InChI is InChI=1S/C15H11BrN2OS2/c1-2-7-18-11-6-5-10(16)9-13(11)21-15(18)17-14(19)12-4-3-8-20-12/h2-6,8-9H,1,7H2. The van der Waals surface area contributed by atoms with E-state index in [1.807, 2.05) is 40.3 Å². The van der Waals surface area contributed by atoms with Gasteiger partial charge in [0.2, 0.25) is 0 Å². The Balaban J connectivity index is 2.19. The molecule has 3 aromatic rings. The van der Waals surface area contributed by atoms with Crippen molar-refractivity contribution in [1.29, 1.82) is 0 Å². The number of carbonyl (C=O) groups is 1. The van der Waals surface area contributed by atoms with Gasteiger partial charge in [-0.05, 0) is 29.6 Å². The fourth-order valence-electron chi connectivity index (χ4n) is 1.98. The zero-order chi connectivity index (χ0) is 14.8. The number of nitrogens with zero attached hydrogens (tertiary/aromatic N) is 2. The van der Waals surface area contributed by atoms with Gasteiger partial charge in [-0.2, -0.15) is 4.99 Å². The molecule has 3 rings (SSSR count). The molecule has 3 nitrogen and oxygen atoms in total. The maximum absolute atomic E-state index is 12.2. The highest BCUT2D eigenvalue weighted by molar-refractivity contribution is 9.10. The van der Waals surface area contributed by atoms with Crippen LogP contribution < -0.4 is 4.80 Å². The van der Waals surface area contributed by atoms with E-state index in [-0.39, 0.29) is 5.91 Å². The third-order valence-electron chi connectivity index (χ3n) is 2.89. The van der Waals surface area contributed by atoms with E-state index in [2.05, 4.69) is 27.5 Å². The Bertz CT molecular complexity index is 875. The fourth-order valence-corrected chi connectivity index (χ4v) is 4.18. The summed E-state index contributed by atoms with van der Waals surface area (Å²) in [7, 11) is 0. The Morgan fingerprint density at radius 1 is 1.43 bits per heavy atom. The molecule has 1 amide bonds. The van der Waals surface area contributed by atoms with Crippen LogP contribution in [0.2, 0.25) is 0 Å². The van der Waals surface area contributed by atoms with Crippen molar-refractivity contribution in [1.82, 2.24) is 4.57 Å². The van der Waals surface area contributed by atoms with E-state index < -0.39 is 0 Å². The van der Waals surface area contributed by atoms with E-state index in [1.54, 1.807) is 6.07 Å². The zero-order valence-electron chi connectivity index (χ0n) is 11.0. The van der Waals surface area contributed by atoms with Gasteiger partial charge < -0.3 is 4.57 Å². The quantitative estimate of drug-likeness (QED) is 0.619. The van der Waals surface area contributed by atoms with Gasteiger partial charge in [-0.15, -0.1) is 17.9 Å². The molecule has 2 heterocycles. The molecule has 0 aliphatic heterocycles. The summed E-state index contributed by atoms with van der Waals surface area (Å²) >= 11 is 6.38. The first-order valence-electron chi connectivity index (χ1n) is 6.21. The number of rotatable bonds is 3. The van der Waals surface area contributed by atoms with E-state index in [0.717, 1.165) is 14.7 Å². The molecule has 2 aromatic heterocycles. The number of aromatic nitrogens is 1. The lowest BCUT2D eigenvalue weighted by Gasteiger charge is -2.00. The highest BCUT2D eigenvalue weighted by Gasteiger charge is 2.09. The van der Waals surface area contributed by atoms with Crippen LogP contribution >= 0.6 is 38.6 Å². The number of allylic oxidation sites excluding steroid dienone is 1. The van der Waals surface area contributed by atoms with Crippen LogP contribution in [-0.2, 0) is 6.54 Å². The number of hydrogen-bond acceptors (Lipinski definition) is 3. The monoisotopic (exact) mass is 378 g/mol. The molecule has 0 bridgehead atoms. The molecular formula is C15H11BrN2OS2. The second kappa shape index (κ2) is 6.09. The van der Waals surface area contributed by atoms with Gasteiger partial charge in [-0.1, -0.05) is 39.4 Å². The molecular weight excluding hydrogens is 368 g/mol. The van der Waals surface area contributed by atoms with Crippen molar-refractivity contribution < 1.29 is 4.79 Å². The van der Waals surface area contributed by atoms with Crippen molar-refractivity contribution in [3.63, 3.8) is 0 Å². The van der Waals surface area contributed by atoms with Crippen molar-refractivity contribution in [3.05, 3.63) is 62.5 Å². The summed E-state index contributed by atoms with van der Waals surface area (Å²) in [4.78, 5) is 17.8. The van der Waals surface area contributed by atoms with Gasteiger partial charge in [0.15, 0.2) is 4.80 Å².